The zero-order valence-electron chi connectivity index (χ0n) is 13.8. The molecule has 2 aliphatic carbocycles. The molecule has 2 amide bonds. The van der Waals surface area contributed by atoms with Crippen LogP contribution in [0.2, 0.25) is 0 Å². The van der Waals surface area contributed by atoms with Gasteiger partial charge in [-0.15, -0.1) is 0 Å². The average Bonchev–Trinajstić information content (AvgIpc) is 3.38. The molecule has 2 aromatic rings. The Hall–Kier alpha value is -2.82. The van der Waals surface area contributed by atoms with Crippen LogP contribution in [0, 0.1) is 17.8 Å². The van der Waals surface area contributed by atoms with Crippen molar-refractivity contribution < 1.29 is 14.0 Å². The number of fused-ring (bicyclic) bond motifs is 2. The van der Waals surface area contributed by atoms with Gasteiger partial charge in [0.1, 0.15) is 0 Å². The summed E-state index contributed by atoms with van der Waals surface area (Å²) in [4.78, 5) is 24.3. The van der Waals surface area contributed by atoms with E-state index in [2.05, 4.69) is 22.8 Å². The maximum atomic E-state index is 12.3. The Bertz CT molecular complexity index is 793. The first-order chi connectivity index (χ1) is 12.2. The molecule has 0 aliphatic heterocycles. The van der Waals surface area contributed by atoms with E-state index in [0.717, 1.165) is 18.4 Å². The molecule has 25 heavy (non-hydrogen) atoms. The number of anilines is 1. The summed E-state index contributed by atoms with van der Waals surface area (Å²) in [6.07, 6.45) is 8.00. The summed E-state index contributed by atoms with van der Waals surface area (Å²) in [6, 6.07) is 10.7. The Kier molecular flexibility index (Phi) is 4.14. The van der Waals surface area contributed by atoms with Gasteiger partial charge in [-0.05, 0) is 54.5 Å². The summed E-state index contributed by atoms with van der Waals surface area (Å²) in [7, 11) is 0. The lowest BCUT2D eigenvalue weighted by Crippen LogP contribution is -2.32. The first-order valence-corrected chi connectivity index (χ1v) is 8.59. The van der Waals surface area contributed by atoms with Gasteiger partial charge in [-0.1, -0.05) is 24.3 Å². The molecule has 2 N–H and O–H groups in total. The van der Waals surface area contributed by atoms with E-state index in [1.165, 1.54) is 6.26 Å². The smallest absolute Gasteiger partial charge is 0.291 e. The Labute approximate surface area is 146 Å². The fourth-order valence-corrected chi connectivity index (χ4v) is 3.71. The molecular formula is C20H20N2O3. The molecule has 4 rings (SSSR count). The van der Waals surface area contributed by atoms with Gasteiger partial charge in [-0.3, -0.25) is 9.59 Å². The largest absolute Gasteiger partial charge is 0.459 e. The predicted molar refractivity (Wildman–Crippen MR) is 93.8 cm³/mol. The van der Waals surface area contributed by atoms with E-state index < -0.39 is 0 Å². The molecule has 1 heterocycles. The molecule has 1 aromatic heterocycles. The molecule has 5 heteroatoms. The van der Waals surface area contributed by atoms with Gasteiger partial charge in [0, 0.05) is 18.2 Å². The van der Waals surface area contributed by atoms with Crippen LogP contribution in [-0.4, -0.2) is 11.8 Å². The summed E-state index contributed by atoms with van der Waals surface area (Å²) in [5, 5.41) is 5.80. The minimum Gasteiger partial charge on any atom is -0.459 e. The fourth-order valence-electron chi connectivity index (χ4n) is 3.71. The van der Waals surface area contributed by atoms with Gasteiger partial charge in [0.25, 0.3) is 5.91 Å². The van der Waals surface area contributed by atoms with Crippen molar-refractivity contribution in [1.29, 1.82) is 0 Å². The average molecular weight is 336 g/mol. The van der Waals surface area contributed by atoms with Crippen LogP contribution in [0.1, 0.15) is 29.0 Å². The number of rotatable bonds is 5. The third-order valence-corrected chi connectivity index (χ3v) is 5.04. The molecule has 2 bridgehead atoms. The van der Waals surface area contributed by atoms with Crippen molar-refractivity contribution in [3.63, 3.8) is 0 Å². The molecule has 0 radical (unpaired) electrons. The van der Waals surface area contributed by atoms with E-state index in [9.17, 15) is 9.59 Å². The maximum absolute atomic E-state index is 12.3. The van der Waals surface area contributed by atoms with Crippen molar-refractivity contribution in [2.24, 2.45) is 17.8 Å². The lowest BCUT2D eigenvalue weighted by Gasteiger charge is -2.17. The number of hydrogen-bond donors (Lipinski definition) is 2. The van der Waals surface area contributed by atoms with Gasteiger partial charge in [0.15, 0.2) is 5.76 Å². The van der Waals surface area contributed by atoms with Crippen molar-refractivity contribution >= 4 is 17.5 Å². The number of allylic oxidation sites excluding steroid dienone is 2. The number of hydrogen-bond acceptors (Lipinski definition) is 3. The number of carbonyl (C=O) groups is 2. The standard InChI is InChI=1S/C20H20N2O3/c23-19(17-11-14-3-6-15(17)10-14)21-12-13-4-7-16(8-5-13)22-20(24)18-2-1-9-25-18/h1-9,14-15,17H,10-12H2,(H,21,23)(H,22,24)/t14-,15-,17-/m0/s1. The SMILES string of the molecule is O=C(Nc1ccc(CNC(=O)[C@H]2C[C@H]3C=C[C@H]2C3)cc1)c1ccco1. The van der Waals surface area contributed by atoms with Gasteiger partial charge >= 0.3 is 0 Å². The van der Waals surface area contributed by atoms with Crippen LogP contribution < -0.4 is 10.6 Å². The van der Waals surface area contributed by atoms with E-state index in [1.54, 1.807) is 12.1 Å². The highest BCUT2D eigenvalue weighted by atomic mass is 16.3. The van der Waals surface area contributed by atoms with Gasteiger partial charge in [0.2, 0.25) is 5.91 Å². The molecule has 1 aromatic carbocycles. The third-order valence-electron chi connectivity index (χ3n) is 5.04. The van der Waals surface area contributed by atoms with Crippen LogP contribution in [0.4, 0.5) is 5.69 Å². The van der Waals surface area contributed by atoms with E-state index >= 15 is 0 Å². The van der Waals surface area contributed by atoms with Crippen molar-refractivity contribution in [2.75, 3.05) is 5.32 Å². The molecule has 2 aliphatic rings. The zero-order valence-corrected chi connectivity index (χ0v) is 13.8. The lowest BCUT2D eigenvalue weighted by atomic mass is 9.93. The number of furan rings is 1. The summed E-state index contributed by atoms with van der Waals surface area (Å²) in [6.45, 7) is 0.503. The van der Waals surface area contributed by atoms with Crippen LogP contribution >= 0.6 is 0 Å². The van der Waals surface area contributed by atoms with Crippen LogP contribution in [-0.2, 0) is 11.3 Å². The summed E-state index contributed by atoms with van der Waals surface area (Å²) in [5.41, 5.74) is 1.69. The topological polar surface area (TPSA) is 71.3 Å². The molecule has 128 valence electrons. The molecular weight excluding hydrogens is 316 g/mol. The van der Waals surface area contributed by atoms with Crippen LogP contribution in [0.3, 0.4) is 0 Å². The van der Waals surface area contributed by atoms with Gasteiger partial charge in [-0.25, -0.2) is 0 Å². The second kappa shape index (κ2) is 6.59. The number of carbonyl (C=O) groups excluding carboxylic acids is 2. The number of amides is 2. The van der Waals surface area contributed by atoms with Gasteiger partial charge in [0.05, 0.1) is 6.26 Å². The summed E-state index contributed by atoms with van der Waals surface area (Å²) >= 11 is 0. The highest BCUT2D eigenvalue weighted by Crippen LogP contribution is 2.43. The van der Waals surface area contributed by atoms with Crippen molar-refractivity contribution in [3.8, 4) is 0 Å². The second-order valence-corrected chi connectivity index (χ2v) is 6.73. The quantitative estimate of drug-likeness (QED) is 0.823. The highest BCUT2D eigenvalue weighted by Gasteiger charge is 2.39. The third kappa shape index (κ3) is 3.36. The molecule has 5 nitrogen and oxygen atoms in total. The van der Waals surface area contributed by atoms with E-state index in [-0.39, 0.29) is 23.5 Å². The minimum atomic E-state index is -0.282. The first-order valence-electron chi connectivity index (χ1n) is 8.59. The lowest BCUT2D eigenvalue weighted by molar-refractivity contribution is -0.125. The molecule has 1 saturated carbocycles. The Morgan fingerprint density at radius 3 is 2.56 bits per heavy atom. The highest BCUT2D eigenvalue weighted by molar-refractivity contribution is 6.02. The van der Waals surface area contributed by atoms with Crippen LogP contribution in [0.25, 0.3) is 0 Å². The summed E-state index contributed by atoms with van der Waals surface area (Å²) < 4.78 is 5.06. The van der Waals surface area contributed by atoms with E-state index in [4.69, 9.17) is 4.42 Å². The Balaban J connectivity index is 1.29. The predicted octanol–water partition coefficient (Wildman–Crippen LogP) is 3.36. The fraction of sp³-hybridized carbons (Fsp3) is 0.300. The molecule has 0 spiro atoms. The monoisotopic (exact) mass is 336 g/mol. The molecule has 1 fully saturated rings. The Morgan fingerprint density at radius 2 is 1.92 bits per heavy atom. The number of benzene rings is 1. The zero-order chi connectivity index (χ0) is 17.2. The van der Waals surface area contributed by atoms with Crippen LogP contribution in [0.15, 0.2) is 59.2 Å². The second-order valence-electron chi connectivity index (χ2n) is 6.73. The maximum Gasteiger partial charge on any atom is 0.291 e. The molecule has 0 unspecified atom stereocenters. The summed E-state index contributed by atoms with van der Waals surface area (Å²) in [5.74, 6) is 1.28. The first kappa shape index (κ1) is 15.7. The molecule has 3 atom stereocenters. The van der Waals surface area contributed by atoms with Gasteiger partial charge < -0.3 is 15.1 Å². The molecule has 0 saturated heterocycles. The van der Waals surface area contributed by atoms with Gasteiger partial charge in [-0.2, -0.15) is 0 Å². The number of nitrogens with one attached hydrogen (secondary N) is 2. The van der Waals surface area contributed by atoms with Crippen molar-refractivity contribution in [2.45, 2.75) is 19.4 Å². The van der Waals surface area contributed by atoms with Crippen molar-refractivity contribution in [3.05, 3.63) is 66.1 Å². The van der Waals surface area contributed by atoms with Crippen LogP contribution in [0.5, 0.6) is 0 Å². The minimum absolute atomic E-state index is 0.127. The van der Waals surface area contributed by atoms with Crippen molar-refractivity contribution in [1.82, 2.24) is 5.32 Å². The Morgan fingerprint density at radius 1 is 1.08 bits per heavy atom. The normalized spacial score (nSPS) is 23.6. The van der Waals surface area contributed by atoms with E-state index in [0.29, 0.717) is 24.1 Å². The van der Waals surface area contributed by atoms with E-state index in [1.807, 2.05) is 24.3 Å².